The number of carboxylic acids is 4. The van der Waals surface area contributed by atoms with E-state index in [2.05, 4.69) is 88.4 Å². The van der Waals surface area contributed by atoms with E-state index in [1.54, 1.807) is 122 Å². The maximum Gasteiger partial charge on any atom is 2.00 e. The summed E-state index contributed by atoms with van der Waals surface area (Å²) in [6.45, 7) is 0. The number of hydrogen-bond donors (Lipinski definition) is 0. The van der Waals surface area contributed by atoms with Gasteiger partial charge in [-0.15, -0.1) is 0 Å². The van der Waals surface area contributed by atoms with Gasteiger partial charge in [0.2, 0.25) is 0 Å². The van der Waals surface area contributed by atoms with Gasteiger partial charge in [0, 0.05) is 112 Å². The van der Waals surface area contributed by atoms with Gasteiger partial charge in [-0.05, 0) is 72.8 Å². The van der Waals surface area contributed by atoms with E-state index in [0.717, 1.165) is 65.9 Å². The molecule has 0 bridgehead atoms. The third-order valence-corrected chi connectivity index (χ3v) is 16.7. The Morgan fingerprint density at radius 2 is 0.409 bits per heavy atom. The summed E-state index contributed by atoms with van der Waals surface area (Å²) in [5, 5.41) is 52.0. The van der Waals surface area contributed by atoms with Crippen LogP contribution in [0.5, 0.6) is 0 Å². The molecule has 10 aromatic carbocycles. The molecule has 8 heterocycles. The zero-order valence-electron chi connectivity index (χ0n) is 58.1. The van der Waals surface area contributed by atoms with Crippen molar-refractivity contribution >= 4 is 111 Å². The second kappa shape index (κ2) is 39.6. The second-order valence-corrected chi connectivity index (χ2v) is 23.3. The molecule has 0 spiro atoms. The minimum absolute atomic E-state index is 0. The molecule has 18 aromatic rings. The predicted molar refractivity (Wildman–Crippen MR) is 417 cm³/mol. The summed E-state index contributed by atoms with van der Waals surface area (Å²) in [5.41, 5.74) is 13.3. The fraction of sp³-hybridized carbons (Fsp3) is 0. The van der Waals surface area contributed by atoms with Crippen LogP contribution in [0.1, 0.15) is 41.4 Å². The summed E-state index contributed by atoms with van der Waals surface area (Å²) < 4.78 is 0. The van der Waals surface area contributed by atoms with E-state index in [0.29, 0.717) is 66.4 Å². The average molecular weight is 1540 g/mol. The molecular weight excluding hydrogens is 1470 g/mol. The van der Waals surface area contributed by atoms with E-state index in [1.165, 1.54) is 0 Å². The number of aromatic nitrogens is 8. The standard InChI is InChI=1S/4C16H11NO2.2C12H8N2.2Mn.4H2O/c4*18-16(19)13-10-15(11-6-2-1-3-7-11)17-14-9-5-4-8-12(13)14;2*1-3-9-5-6-10-4-2-8-14-12(10)11(9)13-7-1;;;;;;/h4*1-10H,(H,18,19);2*1-8H;;;4*1H2/q;;;;;;2*+2;;;;/p-2. The molecule has 0 amide bonds. The van der Waals surface area contributed by atoms with Crippen molar-refractivity contribution in [3.8, 4) is 45.0 Å². The van der Waals surface area contributed by atoms with Gasteiger partial charge in [0.25, 0.3) is 0 Å². The minimum atomic E-state index is -1.18. The molecule has 0 aliphatic heterocycles. The first-order valence-electron chi connectivity index (χ1n) is 32.8. The molecule has 0 unspecified atom stereocenters. The van der Waals surface area contributed by atoms with Crippen LogP contribution in [-0.2, 0) is 45.1 Å². The number of benzene rings is 10. The Balaban J connectivity index is 0.000000182. The van der Waals surface area contributed by atoms with Gasteiger partial charge in [-0.25, -0.2) is 19.9 Å². The molecule has 0 atom stereocenters. The zero-order chi connectivity index (χ0) is 71.7. The Labute approximate surface area is 650 Å². The topological polar surface area (TPSA) is 393 Å². The maximum absolute atomic E-state index is 11.3. The summed E-state index contributed by atoms with van der Waals surface area (Å²) in [6, 6.07) is 97.2. The van der Waals surface area contributed by atoms with E-state index in [4.69, 9.17) is 0 Å². The van der Waals surface area contributed by atoms with Gasteiger partial charge >= 0.3 is 34.1 Å². The first-order valence-corrected chi connectivity index (χ1v) is 32.8. The van der Waals surface area contributed by atoms with Crippen LogP contribution >= 0.6 is 0 Å². The second-order valence-electron chi connectivity index (χ2n) is 23.3. The summed E-state index contributed by atoms with van der Waals surface area (Å²) >= 11 is 0. The van der Waals surface area contributed by atoms with Crippen LogP contribution in [0.3, 0.4) is 0 Å². The fourth-order valence-corrected chi connectivity index (χ4v) is 11.8. The number of nitrogens with zero attached hydrogens (tertiary/aromatic N) is 8. The summed E-state index contributed by atoms with van der Waals surface area (Å²) in [7, 11) is 0. The van der Waals surface area contributed by atoms with E-state index < -0.39 is 23.9 Å². The van der Waals surface area contributed by atoms with Crippen LogP contribution in [0.2, 0.25) is 0 Å². The Hall–Kier alpha value is -13.8. The fourth-order valence-electron chi connectivity index (χ4n) is 11.8. The minimum Gasteiger partial charge on any atom is -0.545 e. The molecule has 0 saturated heterocycles. The number of hydrogen-bond acceptors (Lipinski definition) is 16. The van der Waals surface area contributed by atoms with Crippen LogP contribution in [0, 0.1) is 0 Å². The first kappa shape index (κ1) is 83.5. The van der Waals surface area contributed by atoms with Crippen LogP contribution in [0.4, 0.5) is 0 Å². The SMILES string of the molecule is O.O.O=C([O-])c1cc(-c2ccccc2)nc2ccccc12.O=C([O-])c1cc(-c2ccccc2)nc2ccccc12.O=C([O-])c1cc(-c2ccccc2)nc2ccccc12.O=C([O-])c1cc(-c2ccccc2)nc2ccccc12.[Mn+2].[Mn+2].[OH3+].[OH3+].c1cnc2c(c1)ccc1cccnc12.c1cnc2c(c1)ccc1cccnc12. The molecular formula is C88H66Mn2N8O12+2. The smallest absolute Gasteiger partial charge is 0.545 e. The van der Waals surface area contributed by atoms with Crippen LogP contribution in [-0.4, -0.2) is 74.7 Å². The van der Waals surface area contributed by atoms with Crippen molar-refractivity contribution in [1.29, 1.82) is 0 Å². The number of fused-ring (bicyclic) bond motifs is 10. The molecule has 20 nitrogen and oxygen atoms in total. The molecule has 0 fully saturated rings. The number of carbonyl (C=O) groups is 4. The van der Waals surface area contributed by atoms with E-state index in [9.17, 15) is 39.6 Å². The number of carbonyl (C=O) groups excluding carboxylic acids is 4. The van der Waals surface area contributed by atoms with Crippen LogP contribution < -0.4 is 20.4 Å². The molecule has 110 heavy (non-hydrogen) atoms. The van der Waals surface area contributed by atoms with Crippen molar-refractivity contribution in [2.24, 2.45) is 0 Å². The predicted octanol–water partition coefficient (Wildman–Crippen LogP) is 11.1. The van der Waals surface area contributed by atoms with Crippen molar-refractivity contribution in [1.82, 2.24) is 39.9 Å². The zero-order valence-corrected chi connectivity index (χ0v) is 60.4. The largest absolute Gasteiger partial charge is 2.00 e. The van der Waals surface area contributed by atoms with Crippen molar-refractivity contribution in [2.75, 3.05) is 0 Å². The van der Waals surface area contributed by atoms with E-state index >= 15 is 0 Å². The monoisotopic (exact) mass is 1540 g/mol. The summed E-state index contributed by atoms with van der Waals surface area (Å²) in [6.07, 6.45) is 7.21. The summed E-state index contributed by atoms with van der Waals surface area (Å²) in [4.78, 5) is 80.4. The average Bonchev–Trinajstić information content (AvgIpc) is 0.808. The third-order valence-electron chi connectivity index (χ3n) is 16.7. The van der Waals surface area contributed by atoms with Gasteiger partial charge in [-0.3, -0.25) is 19.9 Å². The Morgan fingerprint density at radius 1 is 0.227 bits per heavy atom. The number of aromatic carboxylic acids is 4. The molecule has 10 N–H and O–H groups in total. The maximum atomic E-state index is 11.3. The number of pyridine rings is 8. The Bertz CT molecular complexity index is 5430. The molecule has 0 saturated carbocycles. The van der Waals surface area contributed by atoms with Gasteiger partial charge in [-0.2, -0.15) is 0 Å². The number of rotatable bonds is 8. The van der Waals surface area contributed by atoms with Crippen molar-refractivity contribution in [3.05, 3.63) is 362 Å². The van der Waals surface area contributed by atoms with Crippen molar-refractivity contribution in [3.63, 3.8) is 0 Å². The normalized spacial score (nSPS) is 10.0. The molecule has 22 heteroatoms. The third kappa shape index (κ3) is 19.6. The molecule has 18 rings (SSSR count). The van der Waals surface area contributed by atoms with Crippen molar-refractivity contribution < 1.29 is 95.6 Å². The molecule has 0 aliphatic carbocycles. The summed E-state index contributed by atoms with van der Waals surface area (Å²) in [5.74, 6) is -4.74. The number of carboxylic acid groups (broad SMARTS) is 4. The first-order chi connectivity index (χ1) is 50.9. The molecule has 8 aromatic heterocycles. The number of para-hydroxylation sites is 4. The van der Waals surface area contributed by atoms with Gasteiger partial charge in [0.15, 0.2) is 0 Å². The molecule has 542 valence electrons. The van der Waals surface area contributed by atoms with Gasteiger partial charge in [0.1, 0.15) is 0 Å². The van der Waals surface area contributed by atoms with Crippen molar-refractivity contribution in [2.45, 2.75) is 0 Å². The van der Waals surface area contributed by atoms with Gasteiger partial charge in [0.05, 0.1) is 90.8 Å². The van der Waals surface area contributed by atoms with Crippen LogP contribution in [0.15, 0.2) is 340 Å². The van der Waals surface area contributed by atoms with Gasteiger partial charge in [-0.1, -0.05) is 243 Å². The molecule has 0 aliphatic rings. The molecule has 2 radical (unpaired) electrons. The van der Waals surface area contributed by atoms with E-state index in [1.807, 2.05) is 170 Å². The Morgan fingerprint density at radius 3 is 0.600 bits per heavy atom. The Kier molecular flexibility index (Phi) is 30.0. The van der Waals surface area contributed by atoms with Gasteiger partial charge < -0.3 is 61.5 Å². The van der Waals surface area contributed by atoms with E-state index in [-0.39, 0.29) is 78.3 Å². The van der Waals surface area contributed by atoms with Crippen LogP contribution in [0.25, 0.3) is 132 Å². The quantitative estimate of drug-likeness (QED) is 0.0775.